The van der Waals surface area contributed by atoms with Crippen LogP contribution in [0.4, 0.5) is 4.79 Å². The van der Waals surface area contributed by atoms with Crippen LogP contribution in [0.3, 0.4) is 0 Å². The Bertz CT molecular complexity index is 712. The van der Waals surface area contributed by atoms with E-state index in [0.717, 1.165) is 5.56 Å². The van der Waals surface area contributed by atoms with Gasteiger partial charge in [-0.3, -0.25) is 9.59 Å². The van der Waals surface area contributed by atoms with Crippen LogP contribution in [-0.2, 0) is 20.9 Å². The number of carboxylic acid groups (broad SMARTS) is 1. The zero-order chi connectivity index (χ0) is 20.2. The number of carbonyl (C=O) groups is 3. The summed E-state index contributed by atoms with van der Waals surface area (Å²) in [6.45, 7) is 5.34. The van der Waals surface area contributed by atoms with Crippen LogP contribution in [0.15, 0.2) is 24.3 Å². The maximum atomic E-state index is 12.6. The maximum Gasteiger partial charge on any atom is 0.410 e. The van der Waals surface area contributed by atoms with Crippen molar-refractivity contribution < 1.29 is 29.0 Å². The summed E-state index contributed by atoms with van der Waals surface area (Å²) in [5.74, 6) is -2.72. The van der Waals surface area contributed by atoms with Crippen molar-refractivity contribution in [3.63, 3.8) is 0 Å². The van der Waals surface area contributed by atoms with Gasteiger partial charge >= 0.3 is 12.1 Å². The summed E-state index contributed by atoms with van der Waals surface area (Å²) < 4.78 is 10.5. The lowest BCUT2D eigenvalue weighted by molar-refractivity contribution is -0.145. The summed E-state index contributed by atoms with van der Waals surface area (Å²) in [5.41, 5.74) is 0.0854. The topological polar surface area (TPSA) is 105 Å². The second-order valence-corrected chi connectivity index (χ2v) is 7.47. The molecule has 0 aromatic heterocycles. The monoisotopic (exact) mass is 378 g/mol. The Balaban J connectivity index is 2.04. The highest BCUT2D eigenvalue weighted by Gasteiger charge is 2.44. The second kappa shape index (κ2) is 8.28. The van der Waals surface area contributed by atoms with E-state index in [9.17, 15) is 19.5 Å². The van der Waals surface area contributed by atoms with Gasteiger partial charge < -0.3 is 24.8 Å². The molecule has 8 heteroatoms. The van der Waals surface area contributed by atoms with E-state index in [0.29, 0.717) is 5.75 Å². The van der Waals surface area contributed by atoms with Crippen molar-refractivity contribution in [2.24, 2.45) is 11.8 Å². The molecule has 0 unspecified atom stereocenters. The largest absolute Gasteiger partial charge is 0.496 e. The van der Waals surface area contributed by atoms with Gasteiger partial charge in [-0.1, -0.05) is 18.2 Å². The van der Waals surface area contributed by atoms with Gasteiger partial charge in [-0.05, 0) is 26.8 Å². The van der Waals surface area contributed by atoms with Crippen LogP contribution in [0.5, 0.6) is 5.75 Å². The second-order valence-electron chi connectivity index (χ2n) is 7.47. The fourth-order valence-corrected chi connectivity index (χ4v) is 2.96. The van der Waals surface area contributed by atoms with Crippen LogP contribution in [-0.4, -0.2) is 53.8 Å². The average Bonchev–Trinajstić information content (AvgIpc) is 3.04. The van der Waals surface area contributed by atoms with E-state index in [2.05, 4.69) is 5.32 Å². The molecule has 148 valence electrons. The number of likely N-dealkylation sites (tertiary alicyclic amines) is 1. The van der Waals surface area contributed by atoms with Crippen LogP contribution in [0.2, 0.25) is 0 Å². The van der Waals surface area contributed by atoms with Gasteiger partial charge in [-0.25, -0.2) is 4.79 Å². The summed E-state index contributed by atoms with van der Waals surface area (Å²) in [5, 5.41) is 12.2. The number of carbonyl (C=O) groups excluding carboxylic acids is 2. The first kappa shape index (κ1) is 20.5. The number of nitrogens with zero attached hydrogens (tertiary/aromatic N) is 1. The minimum atomic E-state index is -1.11. The Morgan fingerprint density at radius 3 is 2.41 bits per heavy atom. The standard InChI is InChI=1S/C19H26N2O6/c1-19(2,3)27-18(25)21-10-13(14(11-21)17(23)24)16(22)20-9-12-7-5-6-8-15(12)26-4/h5-8,13-14H,9-11H2,1-4H3,(H,20,22)(H,23,24)/t13-,14+/m1/s1. The number of nitrogens with one attached hydrogen (secondary N) is 1. The zero-order valence-corrected chi connectivity index (χ0v) is 16.0. The third-order valence-electron chi connectivity index (χ3n) is 4.27. The smallest absolute Gasteiger partial charge is 0.410 e. The van der Waals surface area contributed by atoms with Gasteiger partial charge in [0.2, 0.25) is 5.91 Å². The fraction of sp³-hybridized carbons (Fsp3) is 0.526. The van der Waals surface area contributed by atoms with Crippen molar-refractivity contribution in [1.82, 2.24) is 10.2 Å². The lowest BCUT2D eigenvalue weighted by Gasteiger charge is -2.24. The summed E-state index contributed by atoms with van der Waals surface area (Å²) in [6, 6.07) is 7.24. The first-order valence-corrected chi connectivity index (χ1v) is 8.72. The summed E-state index contributed by atoms with van der Waals surface area (Å²) >= 11 is 0. The molecule has 0 saturated carbocycles. The highest BCUT2D eigenvalue weighted by Crippen LogP contribution is 2.26. The molecule has 2 N–H and O–H groups in total. The van der Waals surface area contributed by atoms with E-state index < -0.39 is 35.4 Å². The van der Waals surface area contributed by atoms with Crippen LogP contribution in [0.25, 0.3) is 0 Å². The minimum Gasteiger partial charge on any atom is -0.496 e. The first-order chi connectivity index (χ1) is 12.6. The predicted molar refractivity (Wildman–Crippen MR) is 97.3 cm³/mol. The molecule has 2 rings (SSSR count). The van der Waals surface area contributed by atoms with E-state index in [1.165, 1.54) is 12.0 Å². The molecule has 1 aliphatic heterocycles. The van der Waals surface area contributed by atoms with Gasteiger partial charge in [-0.15, -0.1) is 0 Å². The molecule has 0 radical (unpaired) electrons. The molecule has 1 heterocycles. The minimum absolute atomic E-state index is 0.00361. The third-order valence-corrected chi connectivity index (χ3v) is 4.27. The molecule has 0 spiro atoms. The number of ether oxygens (including phenoxy) is 2. The molecule has 1 saturated heterocycles. The number of methoxy groups -OCH3 is 1. The SMILES string of the molecule is COc1ccccc1CNC(=O)[C@@H]1CN(C(=O)OC(C)(C)C)C[C@@H]1C(=O)O. The molecule has 2 amide bonds. The lowest BCUT2D eigenvalue weighted by Crippen LogP contribution is -2.38. The van der Waals surface area contributed by atoms with Gasteiger partial charge in [0.15, 0.2) is 0 Å². The normalized spacial score (nSPS) is 19.5. The first-order valence-electron chi connectivity index (χ1n) is 8.72. The van der Waals surface area contributed by atoms with Crippen LogP contribution >= 0.6 is 0 Å². The lowest BCUT2D eigenvalue weighted by atomic mass is 9.95. The summed E-state index contributed by atoms with van der Waals surface area (Å²) in [7, 11) is 1.54. The highest BCUT2D eigenvalue weighted by atomic mass is 16.6. The van der Waals surface area contributed by atoms with Gasteiger partial charge in [0, 0.05) is 25.2 Å². The molecule has 1 aromatic carbocycles. The number of para-hydroxylation sites is 1. The fourth-order valence-electron chi connectivity index (χ4n) is 2.96. The molecule has 8 nitrogen and oxygen atoms in total. The Morgan fingerprint density at radius 1 is 1.19 bits per heavy atom. The maximum absolute atomic E-state index is 12.6. The number of benzene rings is 1. The van der Waals surface area contributed by atoms with E-state index in [1.54, 1.807) is 26.8 Å². The molecule has 1 fully saturated rings. The van der Waals surface area contributed by atoms with Gasteiger partial charge in [0.1, 0.15) is 11.4 Å². The van der Waals surface area contributed by atoms with Gasteiger partial charge in [-0.2, -0.15) is 0 Å². The van der Waals surface area contributed by atoms with Crippen molar-refractivity contribution >= 4 is 18.0 Å². The van der Waals surface area contributed by atoms with Crippen LogP contribution in [0, 0.1) is 11.8 Å². The highest BCUT2D eigenvalue weighted by molar-refractivity contribution is 5.87. The van der Waals surface area contributed by atoms with E-state index in [-0.39, 0.29) is 19.6 Å². The summed E-state index contributed by atoms with van der Waals surface area (Å²) in [6.07, 6.45) is -0.617. The molecular formula is C19H26N2O6. The third kappa shape index (κ3) is 5.35. The van der Waals surface area contributed by atoms with Crippen molar-refractivity contribution in [2.45, 2.75) is 32.9 Å². The number of aliphatic carboxylic acids is 1. The van der Waals surface area contributed by atoms with E-state index in [4.69, 9.17) is 9.47 Å². The Hall–Kier alpha value is -2.77. The van der Waals surface area contributed by atoms with Crippen LogP contribution in [0.1, 0.15) is 26.3 Å². The number of carboxylic acids is 1. The molecule has 0 bridgehead atoms. The van der Waals surface area contributed by atoms with Crippen molar-refractivity contribution in [3.05, 3.63) is 29.8 Å². The van der Waals surface area contributed by atoms with Crippen molar-refractivity contribution in [1.29, 1.82) is 0 Å². The van der Waals surface area contributed by atoms with Crippen LogP contribution < -0.4 is 10.1 Å². The zero-order valence-electron chi connectivity index (χ0n) is 16.0. The van der Waals surface area contributed by atoms with E-state index >= 15 is 0 Å². The Kier molecular flexibility index (Phi) is 6.30. The van der Waals surface area contributed by atoms with Gasteiger partial charge in [0.05, 0.1) is 18.9 Å². The molecule has 1 aliphatic rings. The number of hydrogen-bond donors (Lipinski definition) is 2. The molecule has 0 aliphatic carbocycles. The van der Waals surface area contributed by atoms with Crippen molar-refractivity contribution in [2.75, 3.05) is 20.2 Å². The number of amides is 2. The number of hydrogen-bond acceptors (Lipinski definition) is 5. The average molecular weight is 378 g/mol. The van der Waals surface area contributed by atoms with Crippen molar-refractivity contribution in [3.8, 4) is 5.75 Å². The molecular weight excluding hydrogens is 352 g/mol. The number of rotatable bonds is 5. The quantitative estimate of drug-likeness (QED) is 0.810. The Morgan fingerprint density at radius 2 is 1.81 bits per heavy atom. The van der Waals surface area contributed by atoms with Gasteiger partial charge in [0.25, 0.3) is 0 Å². The Labute approximate surface area is 158 Å². The summed E-state index contributed by atoms with van der Waals surface area (Å²) in [4.78, 5) is 37.7. The molecule has 1 aromatic rings. The predicted octanol–water partition coefficient (Wildman–Crippen LogP) is 1.88. The van der Waals surface area contributed by atoms with E-state index in [1.807, 2.05) is 18.2 Å². The molecule has 27 heavy (non-hydrogen) atoms. The molecule has 2 atom stereocenters.